The molecular weight excluding hydrogens is 270 g/mol. The number of hydrogen-bond acceptors (Lipinski definition) is 3. The molecule has 1 heterocycles. The van der Waals surface area contributed by atoms with Crippen molar-refractivity contribution in [3.05, 3.63) is 21.3 Å². The van der Waals surface area contributed by atoms with Crippen molar-refractivity contribution < 1.29 is 0 Å². The maximum Gasteiger partial charge on any atom is 0.0545 e. The summed E-state index contributed by atoms with van der Waals surface area (Å²) in [6, 6.07) is 2.21. The van der Waals surface area contributed by atoms with Crippen LogP contribution in [0.25, 0.3) is 0 Å². The molecule has 96 valence electrons. The third-order valence-corrected chi connectivity index (χ3v) is 6.21. The molecule has 0 spiro atoms. The zero-order valence-electron chi connectivity index (χ0n) is 10.0. The Balaban J connectivity index is 1.70. The predicted octanol–water partition coefficient (Wildman–Crippen LogP) is 4.34. The Morgan fingerprint density at radius 3 is 2.82 bits per heavy atom. The van der Waals surface area contributed by atoms with Crippen LogP contribution in [-0.4, -0.2) is 17.0 Å². The average Bonchev–Trinajstić information content (AvgIpc) is 2.74. The Labute approximate surface area is 117 Å². The summed E-state index contributed by atoms with van der Waals surface area (Å²) >= 11 is 9.87. The minimum absolute atomic E-state index is 0.248. The maximum atomic E-state index is 6.18. The molecule has 1 atom stereocenters. The molecule has 1 aliphatic rings. The van der Waals surface area contributed by atoms with Gasteiger partial charge >= 0.3 is 0 Å². The van der Waals surface area contributed by atoms with Crippen LogP contribution in [0.1, 0.15) is 37.0 Å². The fraction of sp³-hybridized carbons (Fsp3) is 0.692. The van der Waals surface area contributed by atoms with Crippen molar-refractivity contribution >= 4 is 34.7 Å². The van der Waals surface area contributed by atoms with E-state index >= 15 is 0 Å². The SMILES string of the molecule is NC(CSC1CCCCC1)Cc1sccc1Cl. The van der Waals surface area contributed by atoms with Crippen LogP contribution in [0.15, 0.2) is 11.4 Å². The van der Waals surface area contributed by atoms with E-state index in [2.05, 4.69) is 11.8 Å². The van der Waals surface area contributed by atoms with Crippen LogP contribution in [0, 0.1) is 0 Å². The van der Waals surface area contributed by atoms with Gasteiger partial charge in [-0.25, -0.2) is 0 Å². The van der Waals surface area contributed by atoms with E-state index in [1.165, 1.54) is 37.0 Å². The Bertz CT molecular complexity index is 334. The number of halogens is 1. The van der Waals surface area contributed by atoms with Gasteiger partial charge in [0.2, 0.25) is 0 Å². The van der Waals surface area contributed by atoms with Crippen LogP contribution in [-0.2, 0) is 6.42 Å². The van der Waals surface area contributed by atoms with Crippen molar-refractivity contribution in [1.82, 2.24) is 0 Å². The molecule has 1 aliphatic carbocycles. The molecule has 0 radical (unpaired) electrons. The van der Waals surface area contributed by atoms with Gasteiger partial charge < -0.3 is 5.73 Å². The summed E-state index contributed by atoms with van der Waals surface area (Å²) in [5, 5.41) is 3.78. The molecule has 1 nitrogen and oxygen atoms in total. The topological polar surface area (TPSA) is 26.0 Å². The lowest BCUT2D eigenvalue weighted by atomic mass is 10.0. The lowest BCUT2D eigenvalue weighted by Crippen LogP contribution is -2.26. The van der Waals surface area contributed by atoms with E-state index in [4.69, 9.17) is 17.3 Å². The van der Waals surface area contributed by atoms with Crippen molar-refractivity contribution in [2.75, 3.05) is 5.75 Å². The molecule has 2 rings (SSSR count). The number of nitrogens with two attached hydrogens (primary N) is 1. The lowest BCUT2D eigenvalue weighted by Gasteiger charge is -2.22. The van der Waals surface area contributed by atoms with E-state index in [0.717, 1.165) is 22.4 Å². The zero-order valence-corrected chi connectivity index (χ0v) is 12.4. The van der Waals surface area contributed by atoms with Crippen molar-refractivity contribution in [2.24, 2.45) is 5.73 Å². The first-order valence-electron chi connectivity index (χ1n) is 6.35. The van der Waals surface area contributed by atoms with Crippen molar-refractivity contribution in [3.63, 3.8) is 0 Å². The average molecular weight is 290 g/mol. The lowest BCUT2D eigenvalue weighted by molar-refractivity contribution is 0.515. The van der Waals surface area contributed by atoms with Crippen molar-refractivity contribution in [1.29, 1.82) is 0 Å². The molecule has 1 aromatic heterocycles. The second kappa shape index (κ2) is 7.03. The van der Waals surface area contributed by atoms with Gasteiger partial charge in [0.15, 0.2) is 0 Å². The summed E-state index contributed by atoms with van der Waals surface area (Å²) in [6.45, 7) is 0. The Morgan fingerprint density at radius 1 is 1.41 bits per heavy atom. The summed E-state index contributed by atoms with van der Waals surface area (Å²) in [6.07, 6.45) is 7.94. The van der Waals surface area contributed by atoms with Gasteiger partial charge in [-0.1, -0.05) is 30.9 Å². The predicted molar refractivity (Wildman–Crippen MR) is 80.3 cm³/mol. The minimum Gasteiger partial charge on any atom is -0.327 e. The number of hydrogen-bond donors (Lipinski definition) is 1. The van der Waals surface area contributed by atoms with E-state index in [0.29, 0.717) is 0 Å². The zero-order chi connectivity index (χ0) is 12.1. The summed E-state index contributed by atoms with van der Waals surface area (Å²) in [4.78, 5) is 1.24. The molecule has 2 N–H and O–H groups in total. The second-order valence-corrected chi connectivity index (χ2v) is 7.49. The largest absolute Gasteiger partial charge is 0.327 e. The first-order chi connectivity index (χ1) is 8.25. The van der Waals surface area contributed by atoms with Gasteiger partial charge in [-0.15, -0.1) is 11.3 Å². The normalized spacial score (nSPS) is 19.4. The first kappa shape index (κ1) is 13.7. The monoisotopic (exact) mass is 289 g/mol. The van der Waals surface area contributed by atoms with Gasteiger partial charge in [0.25, 0.3) is 0 Å². The molecule has 4 heteroatoms. The highest BCUT2D eigenvalue weighted by Crippen LogP contribution is 2.29. The summed E-state index contributed by atoms with van der Waals surface area (Å²) in [5.41, 5.74) is 6.18. The van der Waals surface area contributed by atoms with E-state index in [9.17, 15) is 0 Å². The number of thiophene rings is 1. The third kappa shape index (κ3) is 4.47. The summed E-state index contributed by atoms with van der Waals surface area (Å²) < 4.78 is 0. The highest BCUT2D eigenvalue weighted by Gasteiger charge is 2.16. The van der Waals surface area contributed by atoms with Crippen molar-refractivity contribution in [3.8, 4) is 0 Å². The molecular formula is C13H20ClNS2. The maximum absolute atomic E-state index is 6.18. The molecule has 0 saturated heterocycles. The molecule has 1 unspecified atom stereocenters. The molecule has 0 bridgehead atoms. The van der Waals surface area contributed by atoms with Gasteiger partial charge in [0.1, 0.15) is 0 Å². The smallest absolute Gasteiger partial charge is 0.0545 e. The molecule has 0 aliphatic heterocycles. The van der Waals surface area contributed by atoms with Crippen molar-refractivity contribution in [2.45, 2.75) is 49.8 Å². The quantitative estimate of drug-likeness (QED) is 0.873. The Morgan fingerprint density at radius 2 is 2.18 bits per heavy atom. The molecule has 0 amide bonds. The first-order valence-corrected chi connectivity index (χ1v) is 8.65. The van der Waals surface area contributed by atoms with E-state index in [1.54, 1.807) is 11.3 Å². The van der Waals surface area contributed by atoms with Crippen LogP contribution in [0.5, 0.6) is 0 Å². The molecule has 1 aromatic rings. The number of thioether (sulfide) groups is 1. The highest BCUT2D eigenvalue weighted by atomic mass is 35.5. The van der Waals surface area contributed by atoms with Crippen LogP contribution in [0.4, 0.5) is 0 Å². The van der Waals surface area contributed by atoms with Gasteiger partial charge in [-0.05, 0) is 30.7 Å². The van der Waals surface area contributed by atoms with E-state index < -0.39 is 0 Å². The molecule has 17 heavy (non-hydrogen) atoms. The molecule has 1 fully saturated rings. The summed E-state index contributed by atoms with van der Waals surface area (Å²) in [7, 11) is 0. The van der Waals surface area contributed by atoms with Gasteiger partial charge in [0, 0.05) is 21.9 Å². The fourth-order valence-electron chi connectivity index (χ4n) is 2.26. The van der Waals surface area contributed by atoms with Gasteiger partial charge in [-0.3, -0.25) is 0 Å². The second-order valence-electron chi connectivity index (χ2n) is 4.75. The third-order valence-electron chi connectivity index (χ3n) is 3.24. The van der Waals surface area contributed by atoms with Crippen LogP contribution < -0.4 is 5.73 Å². The molecule has 0 aromatic carbocycles. The van der Waals surface area contributed by atoms with Crippen LogP contribution in [0.2, 0.25) is 5.02 Å². The van der Waals surface area contributed by atoms with E-state index in [1.807, 2.05) is 11.4 Å². The molecule has 1 saturated carbocycles. The van der Waals surface area contributed by atoms with Gasteiger partial charge in [0.05, 0.1) is 5.02 Å². The van der Waals surface area contributed by atoms with Gasteiger partial charge in [-0.2, -0.15) is 11.8 Å². The number of rotatable bonds is 5. The standard InChI is InChI=1S/C13H20ClNS2/c14-12-6-7-16-13(12)8-10(15)9-17-11-4-2-1-3-5-11/h6-7,10-11H,1-5,8-9,15H2. The minimum atomic E-state index is 0.248. The summed E-state index contributed by atoms with van der Waals surface area (Å²) in [5.74, 6) is 1.07. The van der Waals surface area contributed by atoms with Crippen LogP contribution in [0.3, 0.4) is 0 Å². The highest BCUT2D eigenvalue weighted by molar-refractivity contribution is 7.99. The fourth-order valence-corrected chi connectivity index (χ4v) is 4.77. The Kier molecular flexibility index (Phi) is 5.67. The van der Waals surface area contributed by atoms with Crippen LogP contribution >= 0.6 is 34.7 Å². The van der Waals surface area contributed by atoms with E-state index in [-0.39, 0.29) is 6.04 Å². The Hall–Kier alpha value is 0.300.